The highest BCUT2D eigenvalue weighted by Crippen LogP contribution is 2.39. The fourth-order valence-corrected chi connectivity index (χ4v) is 4.56. The van der Waals surface area contributed by atoms with Crippen molar-refractivity contribution >= 4 is 17.9 Å². The summed E-state index contributed by atoms with van der Waals surface area (Å²) in [7, 11) is 0. The van der Waals surface area contributed by atoms with E-state index in [0.717, 1.165) is 13.0 Å². The first-order valence-corrected chi connectivity index (χ1v) is 10.2. The van der Waals surface area contributed by atoms with Gasteiger partial charge in [0, 0.05) is 17.5 Å². The second-order valence-electron chi connectivity index (χ2n) is 9.27. The molecule has 31 heavy (non-hydrogen) atoms. The van der Waals surface area contributed by atoms with E-state index in [0.29, 0.717) is 28.1 Å². The van der Waals surface area contributed by atoms with Crippen molar-refractivity contribution in [3.63, 3.8) is 0 Å². The van der Waals surface area contributed by atoms with Crippen LogP contribution in [0.1, 0.15) is 39.7 Å². The third-order valence-electron chi connectivity index (χ3n) is 6.01. The molecular formula is C22H28FN6O2+. The second kappa shape index (κ2) is 8.12. The fourth-order valence-electron chi connectivity index (χ4n) is 4.56. The lowest BCUT2D eigenvalue weighted by Gasteiger charge is -2.52. The van der Waals surface area contributed by atoms with Crippen LogP contribution >= 0.6 is 0 Å². The molecule has 1 fully saturated rings. The van der Waals surface area contributed by atoms with Crippen LogP contribution < -0.4 is 15.5 Å². The van der Waals surface area contributed by atoms with E-state index in [4.69, 9.17) is 11.0 Å². The van der Waals surface area contributed by atoms with E-state index < -0.39 is 11.9 Å². The van der Waals surface area contributed by atoms with Crippen LogP contribution in [0.2, 0.25) is 0 Å². The topological polar surface area (TPSA) is 125 Å². The van der Waals surface area contributed by atoms with E-state index >= 15 is 0 Å². The maximum atomic E-state index is 14.2. The maximum absolute atomic E-state index is 14.2. The van der Waals surface area contributed by atoms with Gasteiger partial charge in [0.15, 0.2) is 0 Å². The Hall–Kier alpha value is -3.25. The SMILES string of the molecule is C[C@@H]1C[C@@H](NC(=O)O)C[N+](c2cc(-c3ccc(C#N)c(F)c3)nc(N)n2)(C(C)(C)C)C1. The van der Waals surface area contributed by atoms with Crippen LogP contribution in [0, 0.1) is 23.1 Å². The Bertz CT molecular complexity index is 1050. The Morgan fingerprint density at radius 3 is 2.61 bits per heavy atom. The number of aromatic nitrogens is 2. The zero-order valence-corrected chi connectivity index (χ0v) is 18.2. The summed E-state index contributed by atoms with van der Waals surface area (Å²) in [5, 5.41) is 20.9. The van der Waals surface area contributed by atoms with Gasteiger partial charge in [-0.3, -0.25) is 4.48 Å². The van der Waals surface area contributed by atoms with Crippen molar-refractivity contribution in [2.45, 2.75) is 45.7 Å². The first-order valence-electron chi connectivity index (χ1n) is 10.2. The van der Waals surface area contributed by atoms with Crippen LogP contribution in [0.4, 0.5) is 21.0 Å². The van der Waals surface area contributed by atoms with Gasteiger partial charge in [-0.15, -0.1) is 0 Å². The van der Waals surface area contributed by atoms with Crippen LogP contribution in [-0.4, -0.2) is 45.8 Å². The number of hydrogen-bond donors (Lipinski definition) is 3. The lowest BCUT2D eigenvalue weighted by atomic mass is 9.87. The molecule has 0 spiro atoms. The minimum Gasteiger partial charge on any atom is -0.465 e. The third-order valence-corrected chi connectivity index (χ3v) is 6.01. The van der Waals surface area contributed by atoms with Gasteiger partial charge in [0.05, 0.1) is 29.4 Å². The van der Waals surface area contributed by atoms with Gasteiger partial charge in [0.1, 0.15) is 18.4 Å². The molecule has 9 heteroatoms. The molecule has 4 N–H and O–H groups in total. The summed E-state index contributed by atoms with van der Waals surface area (Å²) in [5.41, 5.74) is 6.64. The summed E-state index contributed by atoms with van der Waals surface area (Å²) < 4.78 is 14.6. The first kappa shape index (κ1) is 22.4. The van der Waals surface area contributed by atoms with Crippen molar-refractivity contribution in [2.24, 2.45) is 5.92 Å². The van der Waals surface area contributed by atoms with E-state index in [1.54, 1.807) is 12.1 Å². The van der Waals surface area contributed by atoms with Crippen molar-refractivity contribution in [3.8, 4) is 17.3 Å². The van der Waals surface area contributed by atoms with Crippen LogP contribution in [0.15, 0.2) is 24.3 Å². The van der Waals surface area contributed by atoms with Crippen molar-refractivity contribution in [1.29, 1.82) is 5.26 Å². The maximum Gasteiger partial charge on any atom is 0.405 e. The summed E-state index contributed by atoms with van der Waals surface area (Å²) >= 11 is 0. The van der Waals surface area contributed by atoms with Crippen LogP contribution in [-0.2, 0) is 0 Å². The molecule has 0 aliphatic carbocycles. The first-order chi connectivity index (χ1) is 14.4. The molecule has 1 aromatic heterocycles. The van der Waals surface area contributed by atoms with Gasteiger partial charge in [-0.05, 0) is 39.3 Å². The molecule has 1 aliphatic heterocycles. The Morgan fingerprint density at radius 2 is 2.03 bits per heavy atom. The molecule has 2 heterocycles. The predicted octanol–water partition coefficient (Wildman–Crippen LogP) is 3.52. The number of nitrogens with two attached hydrogens (primary N) is 1. The fraction of sp³-hybridized carbons (Fsp3) is 0.455. The highest BCUT2D eigenvalue weighted by molar-refractivity contribution is 5.66. The lowest BCUT2D eigenvalue weighted by molar-refractivity contribution is 0.0652. The summed E-state index contributed by atoms with van der Waals surface area (Å²) in [5.74, 6) is 0.316. The summed E-state index contributed by atoms with van der Waals surface area (Å²) in [6.07, 6.45) is -0.321. The standard InChI is InChI=1S/C22H27FN6O2/c1-13-7-16(26-21(30)31)12-29(11-13,22(2,3)4)19-9-18(27-20(25)28-19)14-5-6-15(10-24)17(23)8-14/h5-6,8-9,13,16,26H,7,11-12H2,1-4H3,(H2-,25,27,28,30,31)/p+1/t13-,16-,29?/m1/s1. The molecular weight excluding hydrogens is 399 g/mol. The number of hydrogen-bond acceptors (Lipinski definition) is 5. The molecule has 1 aliphatic rings. The largest absolute Gasteiger partial charge is 0.465 e. The molecule has 3 atom stereocenters. The van der Waals surface area contributed by atoms with Crippen LogP contribution in [0.3, 0.4) is 0 Å². The summed E-state index contributed by atoms with van der Waals surface area (Å²) in [4.78, 5) is 20.2. The second-order valence-corrected chi connectivity index (χ2v) is 9.27. The smallest absolute Gasteiger partial charge is 0.405 e. The van der Waals surface area contributed by atoms with Gasteiger partial charge in [-0.2, -0.15) is 10.2 Å². The van der Waals surface area contributed by atoms with Crippen molar-refractivity contribution in [3.05, 3.63) is 35.6 Å². The number of anilines is 1. The molecule has 2 aromatic rings. The monoisotopic (exact) mass is 427 g/mol. The Balaban J connectivity index is 2.14. The third kappa shape index (κ3) is 4.44. The molecule has 1 aromatic carbocycles. The average molecular weight is 428 g/mol. The van der Waals surface area contributed by atoms with E-state index in [1.165, 1.54) is 12.1 Å². The lowest BCUT2D eigenvalue weighted by Crippen LogP contribution is -2.70. The number of carbonyl (C=O) groups is 1. The zero-order chi connectivity index (χ0) is 23.0. The molecule has 1 amide bonds. The number of amides is 1. The Labute approximate surface area is 181 Å². The highest BCUT2D eigenvalue weighted by atomic mass is 19.1. The number of halogens is 1. The molecule has 3 rings (SSSR count). The number of carboxylic acid groups (broad SMARTS) is 1. The number of piperidine rings is 1. The molecule has 0 bridgehead atoms. The summed E-state index contributed by atoms with van der Waals surface area (Å²) in [6.45, 7) is 9.61. The number of nitriles is 1. The van der Waals surface area contributed by atoms with E-state index in [9.17, 15) is 14.3 Å². The van der Waals surface area contributed by atoms with Gasteiger partial charge in [0.2, 0.25) is 11.8 Å². The zero-order valence-electron chi connectivity index (χ0n) is 18.2. The van der Waals surface area contributed by atoms with Crippen molar-refractivity contribution in [1.82, 2.24) is 19.8 Å². The van der Waals surface area contributed by atoms with Gasteiger partial charge in [0.25, 0.3) is 0 Å². The Morgan fingerprint density at radius 1 is 1.32 bits per heavy atom. The van der Waals surface area contributed by atoms with Gasteiger partial charge >= 0.3 is 6.09 Å². The molecule has 8 nitrogen and oxygen atoms in total. The number of benzene rings is 1. The number of nitrogens with one attached hydrogen (secondary N) is 1. The molecule has 1 unspecified atom stereocenters. The van der Waals surface area contributed by atoms with Crippen molar-refractivity contribution in [2.75, 3.05) is 18.8 Å². The van der Waals surface area contributed by atoms with E-state index in [2.05, 4.69) is 43.0 Å². The van der Waals surface area contributed by atoms with E-state index in [-0.39, 0.29) is 29.0 Å². The van der Waals surface area contributed by atoms with Crippen LogP contribution in [0.5, 0.6) is 0 Å². The normalized spacial score (nSPS) is 23.7. The van der Waals surface area contributed by atoms with Gasteiger partial charge < -0.3 is 16.2 Å². The molecule has 164 valence electrons. The van der Waals surface area contributed by atoms with E-state index in [1.807, 2.05) is 6.07 Å². The highest BCUT2D eigenvalue weighted by Gasteiger charge is 2.50. The minimum atomic E-state index is -1.05. The number of nitrogen functional groups attached to an aromatic ring is 1. The van der Waals surface area contributed by atoms with Crippen LogP contribution in [0.25, 0.3) is 11.3 Å². The number of quaternary nitrogens is 1. The summed E-state index contributed by atoms with van der Waals surface area (Å²) in [6, 6.07) is 7.66. The number of nitrogens with zero attached hydrogens (tertiary/aromatic N) is 4. The van der Waals surface area contributed by atoms with Gasteiger partial charge in [-0.25, -0.2) is 14.2 Å². The molecule has 0 saturated carbocycles. The molecule has 0 radical (unpaired) electrons. The van der Waals surface area contributed by atoms with Crippen molar-refractivity contribution < 1.29 is 14.3 Å². The average Bonchev–Trinajstić information content (AvgIpc) is 2.65. The quantitative estimate of drug-likeness (QED) is 0.644. The Kier molecular flexibility index (Phi) is 5.87. The number of likely N-dealkylation sites (tertiary alicyclic amines) is 1. The minimum absolute atomic E-state index is 0.0448. The predicted molar refractivity (Wildman–Crippen MR) is 117 cm³/mol. The molecule has 1 saturated heterocycles. The van der Waals surface area contributed by atoms with Gasteiger partial charge in [-0.1, -0.05) is 13.0 Å². The number of rotatable bonds is 3.